The van der Waals surface area contributed by atoms with Crippen molar-refractivity contribution in [3.05, 3.63) is 29.8 Å². The maximum atomic E-state index is 11.9. The molecule has 2 rings (SSSR count). The van der Waals surface area contributed by atoms with Crippen molar-refractivity contribution < 1.29 is 9.53 Å². The smallest absolute Gasteiger partial charge is 0.136 e. The number of benzene rings is 1. The largest absolute Gasteiger partial charge is 0.497 e. The fourth-order valence-electron chi connectivity index (χ4n) is 2.49. The van der Waals surface area contributed by atoms with Crippen LogP contribution in [0.25, 0.3) is 0 Å². The van der Waals surface area contributed by atoms with E-state index in [1.54, 1.807) is 7.11 Å². The first-order valence-electron chi connectivity index (χ1n) is 6.45. The number of ketones is 1. The van der Waals surface area contributed by atoms with E-state index in [-0.39, 0.29) is 5.92 Å². The molecule has 1 aromatic rings. The quantitative estimate of drug-likeness (QED) is 0.747. The van der Waals surface area contributed by atoms with Gasteiger partial charge in [0, 0.05) is 12.3 Å². The molecule has 0 heterocycles. The third kappa shape index (κ3) is 3.32. The van der Waals surface area contributed by atoms with Gasteiger partial charge >= 0.3 is 0 Å². The number of carbonyl (C=O) groups excluding carboxylic acids is 1. The highest BCUT2D eigenvalue weighted by atomic mass is 16.5. The van der Waals surface area contributed by atoms with Gasteiger partial charge in [-0.1, -0.05) is 25.0 Å². The van der Waals surface area contributed by atoms with Crippen molar-refractivity contribution in [1.82, 2.24) is 0 Å². The van der Waals surface area contributed by atoms with E-state index in [1.165, 1.54) is 18.4 Å². The molecule has 1 saturated carbocycles. The second-order valence-corrected chi connectivity index (χ2v) is 4.81. The minimum atomic E-state index is 0.242. The summed E-state index contributed by atoms with van der Waals surface area (Å²) in [5.74, 6) is 1.57. The first-order valence-corrected chi connectivity index (χ1v) is 6.45. The van der Waals surface area contributed by atoms with E-state index in [0.29, 0.717) is 5.78 Å². The Labute approximate surface area is 103 Å². The number of ether oxygens (including phenoxy) is 1. The molecule has 0 radical (unpaired) electrons. The van der Waals surface area contributed by atoms with Crippen LogP contribution in [-0.2, 0) is 11.2 Å². The maximum Gasteiger partial charge on any atom is 0.136 e. The maximum absolute atomic E-state index is 11.9. The molecule has 1 atom stereocenters. The highest BCUT2D eigenvalue weighted by Crippen LogP contribution is 2.24. The van der Waals surface area contributed by atoms with Crippen LogP contribution in [0.2, 0.25) is 0 Å². The summed E-state index contributed by atoms with van der Waals surface area (Å²) in [5.41, 5.74) is 1.24. The van der Waals surface area contributed by atoms with Gasteiger partial charge in [0.25, 0.3) is 0 Å². The molecule has 1 fully saturated rings. The number of methoxy groups -OCH3 is 1. The Kier molecular flexibility index (Phi) is 4.18. The van der Waals surface area contributed by atoms with Crippen molar-refractivity contribution in [2.75, 3.05) is 7.11 Å². The summed E-state index contributed by atoms with van der Waals surface area (Å²) in [6.45, 7) is 0. The van der Waals surface area contributed by atoms with Crippen molar-refractivity contribution in [3.63, 3.8) is 0 Å². The fourth-order valence-corrected chi connectivity index (χ4v) is 2.49. The van der Waals surface area contributed by atoms with Gasteiger partial charge in [-0.25, -0.2) is 0 Å². The van der Waals surface area contributed by atoms with Crippen molar-refractivity contribution in [1.29, 1.82) is 0 Å². The van der Waals surface area contributed by atoms with Crippen molar-refractivity contribution in [2.45, 2.75) is 38.5 Å². The van der Waals surface area contributed by atoms with Crippen LogP contribution in [0, 0.1) is 5.92 Å². The van der Waals surface area contributed by atoms with Crippen molar-refractivity contribution in [2.24, 2.45) is 5.92 Å². The summed E-state index contributed by atoms with van der Waals surface area (Å²) in [6.07, 6.45) is 6.23. The molecule has 0 N–H and O–H groups in total. The zero-order valence-electron chi connectivity index (χ0n) is 10.4. The number of rotatable bonds is 3. The van der Waals surface area contributed by atoms with Gasteiger partial charge < -0.3 is 4.74 Å². The monoisotopic (exact) mass is 232 g/mol. The summed E-state index contributed by atoms with van der Waals surface area (Å²) in [4.78, 5) is 11.9. The topological polar surface area (TPSA) is 26.3 Å². The van der Waals surface area contributed by atoms with Crippen molar-refractivity contribution >= 4 is 5.78 Å². The molecule has 0 bridgehead atoms. The predicted molar refractivity (Wildman–Crippen MR) is 68.3 cm³/mol. The number of hydrogen-bond donors (Lipinski definition) is 0. The van der Waals surface area contributed by atoms with Crippen LogP contribution in [0.4, 0.5) is 0 Å². The zero-order valence-corrected chi connectivity index (χ0v) is 10.4. The molecule has 1 aliphatic rings. The Bertz CT molecular complexity index is 367. The van der Waals surface area contributed by atoms with Crippen LogP contribution in [-0.4, -0.2) is 12.9 Å². The predicted octanol–water partition coefficient (Wildman–Crippen LogP) is 3.39. The van der Waals surface area contributed by atoms with Crippen molar-refractivity contribution in [3.8, 4) is 5.75 Å². The van der Waals surface area contributed by atoms with E-state index in [2.05, 4.69) is 12.1 Å². The SMILES string of the molecule is COc1ccc(CC2CCCCCC2=O)cc1. The number of carbonyl (C=O) groups is 1. The molecule has 17 heavy (non-hydrogen) atoms. The van der Waals surface area contributed by atoms with E-state index >= 15 is 0 Å². The van der Waals surface area contributed by atoms with E-state index < -0.39 is 0 Å². The normalized spacial score (nSPS) is 21.0. The molecule has 2 heteroatoms. The van der Waals surface area contributed by atoms with Crippen LogP contribution in [0.5, 0.6) is 5.75 Å². The molecule has 92 valence electrons. The molecule has 1 aromatic carbocycles. The second-order valence-electron chi connectivity index (χ2n) is 4.81. The molecule has 0 aliphatic heterocycles. The van der Waals surface area contributed by atoms with E-state index in [1.807, 2.05) is 12.1 Å². The molecular formula is C15H20O2. The van der Waals surface area contributed by atoms with Crippen LogP contribution < -0.4 is 4.74 Å². The van der Waals surface area contributed by atoms with E-state index in [0.717, 1.165) is 31.4 Å². The molecule has 1 aliphatic carbocycles. The lowest BCUT2D eigenvalue weighted by Gasteiger charge is -2.13. The van der Waals surface area contributed by atoms with E-state index in [9.17, 15) is 4.79 Å². The third-order valence-electron chi connectivity index (χ3n) is 3.57. The van der Waals surface area contributed by atoms with Gasteiger partial charge in [-0.2, -0.15) is 0 Å². The van der Waals surface area contributed by atoms with Gasteiger partial charge in [-0.15, -0.1) is 0 Å². The van der Waals surface area contributed by atoms with Gasteiger partial charge in [0.05, 0.1) is 7.11 Å². The van der Waals surface area contributed by atoms with Gasteiger partial charge in [0.2, 0.25) is 0 Å². The first kappa shape index (κ1) is 12.2. The molecule has 2 nitrogen and oxygen atoms in total. The Morgan fingerprint density at radius 1 is 1.18 bits per heavy atom. The minimum Gasteiger partial charge on any atom is -0.497 e. The minimum absolute atomic E-state index is 0.242. The molecule has 0 spiro atoms. The van der Waals surface area contributed by atoms with Gasteiger partial charge in [0.15, 0.2) is 0 Å². The Morgan fingerprint density at radius 3 is 2.65 bits per heavy atom. The summed E-state index contributed by atoms with van der Waals surface area (Å²) in [7, 11) is 1.67. The van der Waals surface area contributed by atoms with Gasteiger partial charge in [0.1, 0.15) is 11.5 Å². The lowest BCUT2D eigenvalue weighted by atomic mass is 9.91. The standard InChI is InChI=1S/C15H20O2/c1-17-14-9-7-12(8-10-14)11-13-5-3-2-4-6-15(13)16/h7-10,13H,2-6,11H2,1H3. The summed E-state index contributed by atoms with van der Waals surface area (Å²) in [5, 5.41) is 0. The highest BCUT2D eigenvalue weighted by molar-refractivity contribution is 5.81. The van der Waals surface area contributed by atoms with Gasteiger partial charge in [-0.05, 0) is 37.0 Å². The Morgan fingerprint density at radius 2 is 1.94 bits per heavy atom. The number of hydrogen-bond acceptors (Lipinski definition) is 2. The molecule has 0 amide bonds. The molecular weight excluding hydrogens is 212 g/mol. The van der Waals surface area contributed by atoms with E-state index in [4.69, 9.17) is 4.74 Å². The molecule has 0 aromatic heterocycles. The summed E-state index contributed by atoms with van der Waals surface area (Å²) in [6, 6.07) is 8.07. The van der Waals surface area contributed by atoms with Crippen LogP contribution in [0.3, 0.4) is 0 Å². The fraction of sp³-hybridized carbons (Fsp3) is 0.533. The average molecular weight is 232 g/mol. The molecule has 0 saturated heterocycles. The average Bonchev–Trinajstić information content (AvgIpc) is 2.56. The third-order valence-corrected chi connectivity index (χ3v) is 3.57. The second kappa shape index (κ2) is 5.85. The summed E-state index contributed by atoms with van der Waals surface area (Å²) >= 11 is 0. The van der Waals surface area contributed by atoms with Crippen LogP contribution in [0.15, 0.2) is 24.3 Å². The highest BCUT2D eigenvalue weighted by Gasteiger charge is 2.20. The molecule has 1 unspecified atom stereocenters. The Balaban J connectivity index is 2.00. The van der Waals surface area contributed by atoms with Crippen LogP contribution in [0.1, 0.15) is 37.7 Å². The Hall–Kier alpha value is -1.31. The summed E-state index contributed by atoms with van der Waals surface area (Å²) < 4.78 is 5.13. The first-order chi connectivity index (χ1) is 8.29. The van der Waals surface area contributed by atoms with Gasteiger partial charge in [-0.3, -0.25) is 4.79 Å². The lowest BCUT2D eigenvalue weighted by molar-refractivity contribution is -0.122. The van der Waals surface area contributed by atoms with Crippen LogP contribution >= 0.6 is 0 Å². The zero-order chi connectivity index (χ0) is 12.1. The lowest BCUT2D eigenvalue weighted by Crippen LogP contribution is -2.15. The number of Topliss-reactive ketones (excluding diaryl/α,β-unsaturated/α-hetero) is 1.